The molecule has 0 aromatic heterocycles. The van der Waals surface area contributed by atoms with E-state index in [1.807, 2.05) is 0 Å². The number of rotatable bonds is 6. The van der Waals surface area contributed by atoms with Crippen LogP contribution in [0.1, 0.15) is 19.8 Å². The van der Waals surface area contributed by atoms with E-state index in [4.69, 9.17) is 20.6 Å². The van der Waals surface area contributed by atoms with E-state index in [0.717, 1.165) is 6.04 Å². The van der Waals surface area contributed by atoms with Gasteiger partial charge in [-0.3, -0.25) is 9.69 Å². The number of carbonyl (C=O) groups is 3. The van der Waals surface area contributed by atoms with E-state index in [1.165, 1.54) is 4.90 Å². The molecular weight excluding hydrogens is 354 g/mol. The number of carbonyl (C=O) groups excluding carboxylic acids is 3. The average Bonchev–Trinajstić information content (AvgIpc) is 3.06. The molecule has 8 heteroatoms. The molecule has 2 fully saturated rings. The van der Waals surface area contributed by atoms with Gasteiger partial charge in [-0.1, -0.05) is 19.6 Å². The van der Waals surface area contributed by atoms with Gasteiger partial charge in [-0.05, 0) is 19.4 Å². The van der Waals surface area contributed by atoms with Crippen molar-refractivity contribution < 1.29 is 28.6 Å². The first-order chi connectivity index (χ1) is 12.2. The summed E-state index contributed by atoms with van der Waals surface area (Å²) in [6, 6.07) is -0.627. The lowest BCUT2D eigenvalue weighted by Crippen LogP contribution is -2.49. The summed E-state index contributed by atoms with van der Waals surface area (Å²) in [5, 5.41) is 0. The Hall–Kier alpha value is -2.01. The maximum absolute atomic E-state index is 12.7. The minimum Gasteiger partial charge on any atom is -0.464 e. The predicted molar refractivity (Wildman–Crippen MR) is 97.0 cm³/mol. The SMILES string of the molecule is C#CC[C@@H]1OC(=O)[C@@H]2C[C@H](C(=O)OCC)N(C(=O)OCC[Si](C)(C)C)[C@H]12. The standard InChI is InChI=1S/C18H27NO6Si/c1-6-8-14-15-12(16(20)25-14)11-13(17(21)23-7-2)19(15)18(22)24-9-10-26(3,4)5/h1,12-15H,7-11H2,2-5H3/t12-,13-,14+,15+/m1/s1. The third kappa shape index (κ3) is 4.39. The fourth-order valence-corrected chi connectivity index (χ4v) is 4.08. The highest BCUT2D eigenvalue weighted by Gasteiger charge is 2.59. The van der Waals surface area contributed by atoms with E-state index < -0.39 is 50.2 Å². The minimum atomic E-state index is -1.37. The smallest absolute Gasteiger partial charge is 0.410 e. The molecule has 0 aromatic carbocycles. The third-order valence-electron chi connectivity index (χ3n) is 4.66. The lowest BCUT2D eigenvalue weighted by molar-refractivity contribution is -0.150. The summed E-state index contributed by atoms with van der Waals surface area (Å²) in [6.07, 6.45) is 4.48. The highest BCUT2D eigenvalue weighted by atomic mass is 28.3. The van der Waals surface area contributed by atoms with E-state index in [1.54, 1.807) is 6.92 Å². The van der Waals surface area contributed by atoms with Crippen LogP contribution in [0.2, 0.25) is 25.7 Å². The largest absolute Gasteiger partial charge is 0.464 e. The van der Waals surface area contributed by atoms with Gasteiger partial charge in [0.05, 0.1) is 25.2 Å². The molecule has 2 aliphatic heterocycles. The summed E-state index contributed by atoms with van der Waals surface area (Å²) in [4.78, 5) is 38.6. The van der Waals surface area contributed by atoms with Crippen LogP contribution in [-0.2, 0) is 23.8 Å². The molecule has 7 nitrogen and oxygen atoms in total. The second-order valence-corrected chi connectivity index (χ2v) is 13.4. The van der Waals surface area contributed by atoms with Crippen LogP contribution in [0.4, 0.5) is 4.79 Å². The Bertz CT molecular complexity index is 608. The summed E-state index contributed by atoms with van der Waals surface area (Å²) in [6.45, 7) is 8.72. The van der Waals surface area contributed by atoms with Crippen molar-refractivity contribution in [2.45, 2.75) is 63.6 Å². The van der Waals surface area contributed by atoms with E-state index >= 15 is 0 Å². The number of esters is 2. The third-order valence-corrected chi connectivity index (χ3v) is 6.37. The molecule has 0 spiro atoms. The maximum atomic E-state index is 12.7. The summed E-state index contributed by atoms with van der Waals surface area (Å²) < 4.78 is 15.8. The summed E-state index contributed by atoms with van der Waals surface area (Å²) in [7, 11) is -1.37. The molecule has 1 amide bonds. The molecule has 144 valence electrons. The Morgan fingerprint density at radius 2 is 2.04 bits per heavy atom. The first kappa shape index (κ1) is 20.3. The lowest BCUT2D eigenvalue weighted by atomic mass is 9.97. The second kappa shape index (κ2) is 8.12. The number of fused-ring (bicyclic) bond motifs is 1. The van der Waals surface area contributed by atoms with Gasteiger partial charge in [-0.15, -0.1) is 12.3 Å². The zero-order valence-corrected chi connectivity index (χ0v) is 16.8. The molecule has 2 rings (SSSR count). The molecule has 0 unspecified atom stereocenters. The van der Waals surface area contributed by atoms with Crippen LogP contribution < -0.4 is 0 Å². The normalized spacial score (nSPS) is 27.5. The molecule has 4 atom stereocenters. The van der Waals surface area contributed by atoms with E-state index in [2.05, 4.69) is 25.6 Å². The van der Waals surface area contributed by atoms with Gasteiger partial charge in [-0.2, -0.15) is 0 Å². The van der Waals surface area contributed by atoms with Crippen molar-refractivity contribution in [2.24, 2.45) is 5.92 Å². The molecule has 0 bridgehead atoms. The van der Waals surface area contributed by atoms with Gasteiger partial charge < -0.3 is 14.2 Å². The van der Waals surface area contributed by atoms with Crippen LogP contribution in [0.3, 0.4) is 0 Å². The topological polar surface area (TPSA) is 82.1 Å². The highest BCUT2D eigenvalue weighted by molar-refractivity contribution is 6.76. The zero-order valence-electron chi connectivity index (χ0n) is 15.8. The molecule has 2 saturated heterocycles. The van der Waals surface area contributed by atoms with Crippen LogP contribution in [0.5, 0.6) is 0 Å². The molecule has 0 aliphatic carbocycles. The van der Waals surface area contributed by atoms with Crippen molar-refractivity contribution in [1.82, 2.24) is 4.90 Å². The van der Waals surface area contributed by atoms with Crippen molar-refractivity contribution in [2.75, 3.05) is 13.2 Å². The van der Waals surface area contributed by atoms with Gasteiger partial charge in [0, 0.05) is 14.5 Å². The highest BCUT2D eigenvalue weighted by Crippen LogP contribution is 2.40. The van der Waals surface area contributed by atoms with E-state index in [0.29, 0.717) is 0 Å². The molecule has 0 aromatic rings. The van der Waals surface area contributed by atoms with Crippen LogP contribution in [0, 0.1) is 18.3 Å². The number of likely N-dealkylation sites (tertiary alicyclic amines) is 1. The molecule has 0 N–H and O–H groups in total. The molecule has 0 saturated carbocycles. The van der Waals surface area contributed by atoms with Crippen molar-refractivity contribution in [3.8, 4) is 12.3 Å². The first-order valence-electron chi connectivity index (χ1n) is 8.95. The summed E-state index contributed by atoms with van der Waals surface area (Å²) >= 11 is 0. The fraction of sp³-hybridized carbons (Fsp3) is 0.722. The number of hydrogen-bond acceptors (Lipinski definition) is 6. The second-order valence-electron chi connectivity index (χ2n) is 7.82. The van der Waals surface area contributed by atoms with Gasteiger partial charge in [0.25, 0.3) is 0 Å². The lowest BCUT2D eigenvalue weighted by Gasteiger charge is -2.30. The first-order valence-corrected chi connectivity index (χ1v) is 12.7. The number of amides is 1. The van der Waals surface area contributed by atoms with E-state index in [-0.39, 0.29) is 26.1 Å². The van der Waals surface area contributed by atoms with E-state index in [9.17, 15) is 14.4 Å². The van der Waals surface area contributed by atoms with Crippen LogP contribution >= 0.6 is 0 Å². The predicted octanol–water partition coefficient (Wildman–Crippen LogP) is 2.03. The molecular formula is C18H27NO6Si. The van der Waals surface area contributed by atoms with Crippen molar-refractivity contribution in [1.29, 1.82) is 0 Å². The quantitative estimate of drug-likeness (QED) is 0.303. The summed E-state index contributed by atoms with van der Waals surface area (Å²) in [5.41, 5.74) is 0. The van der Waals surface area contributed by atoms with Gasteiger partial charge in [0.2, 0.25) is 0 Å². The van der Waals surface area contributed by atoms with Gasteiger partial charge in [-0.25, -0.2) is 9.59 Å². The van der Waals surface area contributed by atoms with Crippen LogP contribution in [0.25, 0.3) is 0 Å². The van der Waals surface area contributed by atoms with Crippen LogP contribution in [0.15, 0.2) is 0 Å². The monoisotopic (exact) mass is 381 g/mol. The Morgan fingerprint density at radius 3 is 2.62 bits per heavy atom. The number of nitrogens with zero attached hydrogens (tertiary/aromatic N) is 1. The van der Waals surface area contributed by atoms with Crippen molar-refractivity contribution in [3.63, 3.8) is 0 Å². The Kier molecular flexibility index (Phi) is 6.34. The summed E-state index contributed by atoms with van der Waals surface area (Å²) in [5.74, 6) is 0.931. The average molecular weight is 382 g/mol. The maximum Gasteiger partial charge on any atom is 0.410 e. The minimum absolute atomic E-state index is 0.173. The van der Waals surface area contributed by atoms with Crippen LogP contribution in [-0.4, -0.2) is 62.4 Å². The molecule has 2 heterocycles. The number of terminal acetylenes is 1. The molecule has 2 aliphatic rings. The number of ether oxygens (including phenoxy) is 3. The van der Waals surface area contributed by atoms with Gasteiger partial charge >= 0.3 is 18.0 Å². The molecule has 26 heavy (non-hydrogen) atoms. The Labute approximate surface area is 155 Å². The molecule has 0 radical (unpaired) electrons. The van der Waals surface area contributed by atoms with Gasteiger partial charge in [0.15, 0.2) is 0 Å². The fourth-order valence-electron chi connectivity index (χ4n) is 3.37. The van der Waals surface area contributed by atoms with Crippen molar-refractivity contribution in [3.05, 3.63) is 0 Å². The van der Waals surface area contributed by atoms with Gasteiger partial charge in [0.1, 0.15) is 12.1 Å². The Morgan fingerprint density at radius 1 is 1.35 bits per heavy atom. The number of hydrogen-bond donors (Lipinski definition) is 0. The Balaban J connectivity index is 2.20. The number of cyclic esters (lactones) is 1. The zero-order chi connectivity index (χ0) is 19.5. The van der Waals surface area contributed by atoms with Crippen molar-refractivity contribution >= 4 is 26.1 Å².